The predicted molar refractivity (Wildman–Crippen MR) is 306 cm³/mol. The fourth-order valence-corrected chi connectivity index (χ4v) is 11.8. The summed E-state index contributed by atoms with van der Waals surface area (Å²) in [6, 6.07) is 68.1. The van der Waals surface area contributed by atoms with Crippen LogP contribution in [0.15, 0.2) is 239 Å². The molecule has 0 unspecified atom stereocenters. The fourth-order valence-electron chi connectivity index (χ4n) is 11.8. The number of allylic oxidation sites excluding steroid dienone is 1. The normalized spacial score (nSPS) is 12.5. The van der Waals surface area contributed by atoms with E-state index in [0.717, 1.165) is 127 Å². The van der Waals surface area contributed by atoms with Crippen molar-refractivity contribution in [2.45, 2.75) is 6.92 Å². The molecular formula is C67H40N2O6. The van der Waals surface area contributed by atoms with Crippen LogP contribution in [-0.2, 0) is 0 Å². The molecule has 0 aliphatic rings. The highest BCUT2D eigenvalue weighted by Gasteiger charge is 2.31. The second kappa shape index (κ2) is 15.7. The molecule has 0 aliphatic carbocycles. The summed E-state index contributed by atoms with van der Waals surface area (Å²) in [5.74, 6) is 0.693. The van der Waals surface area contributed by atoms with Crippen molar-refractivity contribution < 1.29 is 26.5 Å². The summed E-state index contributed by atoms with van der Waals surface area (Å²) in [4.78, 5) is 4.43. The van der Waals surface area contributed by atoms with E-state index in [-0.39, 0.29) is 0 Å². The van der Waals surface area contributed by atoms with Crippen LogP contribution in [-0.4, -0.2) is 0 Å². The van der Waals surface area contributed by atoms with Crippen LogP contribution in [0.25, 0.3) is 132 Å². The molecule has 0 saturated carbocycles. The van der Waals surface area contributed by atoms with E-state index in [2.05, 4.69) is 138 Å². The molecule has 0 N–H and O–H groups in total. The molecule has 0 saturated heterocycles. The number of hydrogen-bond donors (Lipinski definition) is 0. The molecule has 75 heavy (non-hydrogen) atoms. The minimum atomic E-state index is 0.693. The largest absolute Gasteiger partial charge is 0.456 e. The molecule has 8 heteroatoms. The van der Waals surface area contributed by atoms with Gasteiger partial charge in [0.2, 0.25) is 0 Å². The minimum Gasteiger partial charge on any atom is -0.456 e. The minimum absolute atomic E-state index is 0.693. The molecule has 8 nitrogen and oxygen atoms in total. The van der Waals surface area contributed by atoms with Crippen LogP contribution in [0, 0.1) is 0 Å². The van der Waals surface area contributed by atoms with E-state index in [1.165, 1.54) is 0 Å². The van der Waals surface area contributed by atoms with Gasteiger partial charge in [0.15, 0.2) is 22.5 Å². The number of anilines is 5. The second-order valence-corrected chi connectivity index (χ2v) is 19.0. The van der Waals surface area contributed by atoms with Gasteiger partial charge in [0.05, 0.1) is 22.8 Å². The van der Waals surface area contributed by atoms with Gasteiger partial charge in [-0.1, -0.05) is 140 Å². The van der Waals surface area contributed by atoms with Crippen LogP contribution in [0.2, 0.25) is 0 Å². The van der Waals surface area contributed by atoms with Crippen molar-refractivity contribution in [2.24, 2.45) is 0 Å². The van der Waals surface area contributed by atoms with Crippen molar-refractivity contribution in [3.8, 4) is 0 Å². The van der Waals surface area contributed by atoms with E-state index in [1.807, 2.05) is 97.9 Å². The van der Waals surface area contributed by atoms with Gasteiger partial charge in [0.25, 0.3) is 0 Å². The van der Waals surface area contributed by atoms with E-state index in [0.29, 0.717) is 39.3 Å². The first-order valence-corrected chi connectivity index (χ1v) is 25.0. The standard InChI is InChI=1S/C67H40N2O6/c1-3-40-41-24-11-15-30-52(41)72-64(40)48(4-2)68(38-20-7-5-8-21-38)50-36-58-60(62-44-26-13-17-32-54(44)74-66(50)62)46-34-57-47(35-56(46)70-58)61-59(71-57)37-51(67-63(61)45-27-14-18-33-55(45)75-67)69(39-22-9-6-10-23-39)49-29-19-28-43-42-25-12-16-31-53(42)73-65(43)49/h3-37H,1H2,2H3/b48-4+. The fraction of sp³-hybridized carbons (Fsp3) is 0.0149. The summed E-state index contributed by atoms with van der Waals surface area (Å²) < 4.78 is 41.8. The van der Waals surface area contributed by atoms with Gasteiger partial charge in [-0.25, -0.2) is 0 Å². The van der Waals surface area contributed by atoms with Crippen LogP contribution in [0.5, 0.6) is 0 Å². The lowest BCUT2D eigenvalue weighted by molar-refractivity contribution is 0.596. The third kappa shape index (κ3) is 5.87. The van der Waals surface area contributed by atoms with Crippen molar-refractivity contribution in [1.82, 2.24) is 0 Å². The van der Waals surface area contributed by atoms with Gasteiger partial charge in [0.1, 0.15) is 44.7 Å². The second-order valence-electron chi connectivity index (χ2n) is 19.0. The van der Waals surface area contributed by atoms with Crippen LogP contribution in [0.3, 0.4) is 0 Å². The van der Waals surface area contributed by atoms with Crippen molar-refractivity contribution >= 4 is 161 Å². The summed E-state index contributed by atoms with van der Waals surface area (Å²) in [6.45, 7) is 6.27. The third-order valence-electron chi connectivity index (χ3n) is 15.0. The smallest absolute Gasteiger partial charge is 0.160 e. The first-order valence-electron chi connectivity index (χ1n) is 25.0. The van der Waals surface area contributed by atoms with Crippen molar-refractivity contribution in [3.63, 3.8) is 0 Å². The first-order chi connectivity index (χ1) is 37.1. The van der Waals surface area contributed by atoms with E-state index < -0.39 is 0 Å². The quantitative estimate of drug-likeness (QED) is 0.149. The lowest BCUT2D eigenvalue weighted by atomic mass is 10.0. The molecule has 6 aromatic heterocycles. The molecule has 16 rings (SSSR count). The maximum Gasteiger partial charge on any atom is 0.160 e. The van der Waals surface area contributed by atoms with Crippen LogP contribution >= 0.6 is 0 Å². The van der Waals surface area contributed by atoms with Crippen molar-refractivity contribution in [3.05, 3.63) is 224 Å². The molecule has 0 amide bonds. The molecule has 0 atom stereocenters. The molecule has 0 aliphatic heterocycles. The Bertz CT molecular complexity index is 5060. The molecule has 0 radical (unpaired) electrons. The van der Waals surface area contributed by atoms with Crippen LogP contribution < -0.4 is 9.80 Å². The lowest BCUT2D eigenvalue weighted by Gasteiger charge is -2.27. The molecule has 0 fully saturated rings. The van der Waals surface area contributed by atoms with E-state index in [4.69, 9.17) is 26.5 Å². The van der Waals surface area contributed by atoms with Gasteiger partial charge < -0.3 is 36.3 Å². The summed E-state index contributed by atoms with van der Waals surface area (Å²) in [7, 11) is 0. The number of hydrogen-bond acceptors (Lipinski definition) is 8. The van der Waals surface area contributed by atoms with Gasteiger partial charge in [0, 0.05) is 88.3 Å². The predicted octanol–water partition coefficient (Wildman–Crippen LogP) is 20.2. The maximum atomic E-state index is 7.16. The molecule has 16 aromatic rings. The van der Waals surface area contributed by atoms with Gasteiger partial charge >= 0.3 is 0 Å². The molecule has 354 valence electrons. The summed E-state index contributed by atoms with van der Waals surface area (Å²) in [6.07, 6.45) is 3.95. The highest BCUT2D eigenvalue weighted by Crippen LogP contribution is 2.53. The third-order valence-corrected chi connectivity index (χ3v) is 15.0. The Labute approximate surface area is 426 Å². The highest BCUT2D eigenvalue weighted by molar-refractivity contribution is 6.33. The number of rotatable bonds is 8. The van der Waals surface area contributed by atoms with E-state index in [9.17, 15) is 0 Å². The molecule has 6 heterocycles. The van der Waals surface area contributed by atoms with Gasteiger partial charge in [-0.3, -0.25) is 0 Å². The Morgan fingerprint density at radius 1 is 0.360 bits per heavy atom. The lowest BCUT2D eigenvalue weighted by Crippen LogP contribution is -2.16. The zero-order valence-corrected chi connectivity index (χ0v) is 40.3. The Balaban J connectivity index is 0.971. The maximum absolute atomic E-state index is 7.16. The number of furan rings is 6. The van der Waals surface area contributed by atoms with Gasteiger partial charge in [-0.2, -0.15) is 0 Å². The SMILES string of the molecule is C=Cc1c(/C(=C\C)N(c2ccccc2)c2cc3oc4cc5c(cc4c3c3c2oc2ccccc23)oc2cc(N(c3ccccc3)c3cccc4c3oc3ccccc34)c3oc4ccccc4c3c25)oc2ccccc12. The van der Waals surface area contributed by atoms with E-state index >= 15 is 0 Å². The average molecular weight is 969 g/mol. The highest BCUT2D eigenvalue weighted by atomic mass is 16.4. The number of benzene rings is 10. The average Bonchev–Trinajstić information content (AvgIpc) is 4.33. The number of fused-ring (bicyclic) bond motifs is 18. The Kier molecular flexibility index (Phi) is 8.65. The summed E-state index contributed by atoms with van der Waals surface area (Å²) in [5, 5.41) is 10.5. The Morgan fingerprint density at radius 3 is 1.44 bits per heavy atom. The Morgan fingerprint density at radius 2 is 0.840 bits per heavy atom. The molecule has 10 aromatic carbocycles. The van der Waals surface area contributed by atoms with Crippen LogP contribution in [0.1, 0.15) is 18.2 Å². The van der Waals surface area contributed by atoms with Gasteiger partial charge in [-0.15, -0.1) is 0 Å². The molecular weight excluding hydrogens is 929 g/mol. The topological polar surface area (TPSA) is 85.3 Å². The zero-order valence-electron chi connectivity index (χ0n) is 40.3. The molecule has 0 spiro atoms. The van der Waals surface area contributed by atoms with Crippen molar-refractivity contribution in [1.29, 1.82) is 0 Å². The number of para-hydroxylation sites is 7. The molecule has 0 bridgehead atoms. The summed E-state index contributed by atoms with van der Waals surface area (Å²) in [5.41, 5.74) is 14.2. The van der Waals surface area contributed by atoms with Gasteiger partial charge in [-0.05, 0) is 73.7 Å². The zero-order chi connectivity index (χ0) is 49.5. The monoisotopic (exact) mass is 968 g/mol. The van der Waals surface area contributed by atoms with E-state index in [1.54, 1.807) is 0 Å². The first kappa shape index (κ1) is 41.4. The number of nitrogens with zero attached hydrogens (tertiary/aromatic N) is 2. The summed E-state index contributed by atoms with van der Waals surface area (Å²) >= 11 is 0. The van der Waals surface area contributed by atoms with Crippen LogP contribution in [0.4, 0.5) is 28.4 Å². The Hall–Kier alpha value is -10.2. The van der Waals surface area contributed by atoms with Crippen molar-refractivity contribution in [2.75, 3.05) is 9.80 Å².